The van der Waals surface area contributed by atoms with Crippen LogP contribution in [0.5, 0.6) is 0 Å². The van der Waals surface area contributed by atoms with E-state index in [1.54, 1.807) is 0 Å². The summed E-state index contributed by atoms with van der Waals surface area (Å²) < 4.78 is 0. The van der Waals surface area contributed by atoms with Gasteiger partial charge >= 0.3 is 0 Å². The molecule has 1 amide bonds. The van der Waals surface area contributed by atoms with Gasteiger partial charge in [0.25, 0.3) is 0 Å². The number of carbonyl (C=O) groups is 1. The van der Waals surface area contributed by atoms with Crippen molar-refractivity contribution in [1.82, 2.24) is 20.4 Å². The van der Waals surface area contributed by atoms with E-state index in [4.69, 9.17) is 0 Å². The molecule has 0 atom stereocenters. The molecule has 1 rings (SSSR count). The number of likely N-dealkylation sites (N-methyl/N-ethyl adjacent to an activating group) is 1. The van der Waals surface area contributed by atoms with Crippen LogP contribution in [-0.4, -0.2) is 74.6 Å². The van der Waals surface area contributed by atoms with Gasteiger partial charge in [-0.15, -0.1) is 0 Å². The van der Waals surface area contributed by atoms with Gasteiger partial charge in [-0.25, -0.2) is 0 Å². The molecule has 0 radical (unpaired) electrons. The monoisotopic (exact) mass is 256 g/mol. The van der Waals surface area contributed by atoms with Crippen molar-refractivity contribution in [3.8, 4) is 0 Å². The Morgan fingerprint density at radius 1 is 1.22 bits per heavy atom. The maximum absolute atomic E-state index is 11.6. The van der Waals surface area contributed by atoms with Crippen LogP contribution < -0.4 is 10.6 Å². The Labute approximate surface area is 111 Å². The molecular formula is C13H28N4O. The fourth-order valence-corrected chi connectivity index (χ4v) is 2.17. The molecule has 0 aromatic rings. The van der Waals surface area contributed by atoms with Crippen molar-refractivity contribution >= 4 is 5.91 Å². The number of hydrogen-bond donors (Lipinski definition) is 2. The second-order valence-corrected chi connectivity index (χ2v) is 5.73. The predicted molar refractivity (Wildman–Crippen MR) is 74.7 cm³/mol. The summed E-state index contributed by atoms with van der Waals surface area (Å²) in [6, 6.07) is 0. The molecule has 0 aromatic carbocycles. The summed E-state index contributed by atoms with van der Waals surface area (Å²) in [7, 11) is 4.02. The number of carbonyl (C=O) groups excluding carboxylic acids is 1. The lowest BCUT2D eigenvalue weighted by atomic mass is 10.0. The van der Waals surface area contributed by atoms with Gasteiger partial charge in [-0.05, 0) is 27.9 Å². The van der Waals surface area contributed by atoms with Crippen LogP contribution in [0, 0.1) is 0 Å². The summed E-state index contributed by atoms with van der Waals surface area (Å²) in [6.45, 7) is 10.2. The quantitative estimate of drug-likeness (QED) is 0.687. The summed E-state index contributed by atoms with van der Waals surface area (Å²) in [5, 5.41) is 6.02. The molecular weight excluding hydrogens is 228 g/mol. The van der Waals surface area contributed by atoms with Crippen molar-refractivity contribution in [1.29, 1.82) is 0 Å². The molecule has 0 unspecified atom stereocenters. The zero-order valence-electron chi connectivity index (χ0n) is 12.3. The number of nitrogens with zero attached hydrogens (tertiary/aromatic N) is 2. The van der Waals surface area contributed by atoms with E-state index in [9.17, 15) is 4.79 Å². The Morgan fingerprint density at radius 2 is 1.83 bits per heavy atom. The second-order valence-electron chi connectivity index (χ2n) is 5.73. The van der Waals surface area contributed by atoms with Crippen molar-refractivity contribution in [2.24, 2.45) is 0 Å². The summed E-state index contributed by atoms with van der Waals surface area (Å²) in [4.78, 5) is 16.4. The van der Waals surface area contributed by atoms with Crippen molar-refractivity contribution < 1.29 is 4.79 Å². The number of rotatable bonds is 6. The second kappa shape index (κ2) is 7.07. The minimum Gasteiger partial charge on any atom is -0.354 e. The summed E-state index contributed by atoms with van der Waals surface area (Å²) in [5.74, 6) is 0.131. The molecule has 0 aromatic heterocycles. The summed E-state index contributed by atoms with van der Waals surface area (Å²) >= 11 is 0. The first-order valence-corrected chi connectivity index (χ1v) is 6.80. The average Bonchev–Trinajstić information content (AvgIpc) is 2.34. The predicted octanol–water partition coefficient (Wildman–Crippen LogP) is -0.262. The van der Waals surface area contributed by atoms with Gasteiger partial charge in [0.15, 0.2) is 0 Å². The highest BCUT2D eigenvalue weighted by Crippen LogP contribution is 2.15. The number of piperazine rings is 1. The maximum atomic E-state index is 11.6. The Bertz CT molecular complexity index is 260. The minimum absolute atomic E-state index is 0.0383. The van der Waals surface area contributed by atoms with E-state index in [1.807, 2.05) is 7.05 Å². The van der Waals surface area contributed by atoms with Crippen molar-refractivity contribution in [3.05, 3.63) is 0 Å². The van der Waals surface area contributed by atoms with E-state index < -0.39 is 0 Å². The number of nitrogens with one attached hydrogen (secondary N) is 2. The number of amides is 1. The fourth-order valence-electron chi connectivity index (χ4n) is 2.17. The third kappa shape index (κ3) is 4.92. The van der Waals surface area contributed by atoms with Gasteiger partial charge < -0.3 is 15.5 Å². The van der Waals surface area contributed by atoms with Crippen LogP contribution in [0.3, 0.4) is 0 Å². The largest absolute Gasteiger partial charge is 0.354 e. The average molecular weight is 256 g/mol. The number of hydrogen-bond acceptors (Lipinski definition) is 4. The Morgan fingerprint density at radius 3 is 2.39 bits per heavy atom. The van der Waals surface area contributed by atoms with Gasteiger partial charge in [0, 0.05) is 51.2 Å². The van der Waals surface area contributed by atoms with Crippen LogP contribution in [0.1, 0.15) is 20.3 Å². The Kier molecular flexibility index (Phi) is 6.05. The van der Waals surface area contributed by atoms with Gasteiger partial charge in [0.05, 0.1) is 0 Å². The molecule has 5 heteroatoms. The van der Waals surface area contributed by atoms with Crippen molar-refractivity contribution in [2.75, 3.05) is 53.4 Å². The highest BCUT2D eigenvalue weighted by atomic mass is 16.1. The molecule has 1 heterocycles. The third-order valence-corrected chi connectivity index (χ3v) is 3.68. The molecule has 2 N–H and O–H groups in total. The zero-order valence-corrected chi connectivity index (χ0v) is 12.3. The molecule has 0 saturated carbocycles. The summed E-state index contributed by atoms with van der Waals surface area (Å²) in [6.07, 6.45) is 0.551. The van der Waals surface area contributed by atoms with Gasteiger partial charge in [0.1, 0.15) is 0 Å². The standard InChI is InChI=1S/C13H28N4O/c1-13(2,11-15-12(18)5-6-14-3)17-9-7-16(4)8-10-17/h14H,5-11H2,1-4H3,(H,15,18). The molecule has 18 heavy (non-hydrogen) atoms. The van der Waals surface area contributed by atoms with E-state index in [0.29, 0.717) is 6.42 Å². The lowest BCUT2D eigenvalue weighted by Crippen LogP contribution is -2.57. The van der Waals surface area contributed by atoms with Crippen LogP contribution in [0.15, 0.2) is 0 Å². The van der Waals surface area contributed by atoms with Crippen LogP contribution in [0.2, 0.25) is 0 Å². The van der Waals surface area contributed by atoms with Gasteiger partial charge in [0.2, 0.25) is 5.91 Å². The van der Waals surface area contributed by atoms with Crippen LogP contribution in [-0.2, 0) is 4.79 Å². The van der Waals surface area contributed by atoms with Gasteiger partial charge in [-0.3, -0.25) is 9.69 Å². The first-order chi connectivity index (χ1) is 8.45. The maximum Gasteiger partial charge on any atom is 0.221 e. The van der Waals surface area contributed by atoms with Gasteiger partial charge in [-0.1, -0.05) is 0 Å². The van der Waals surface area contributed by atoms with Crippen LogP contribution >= 0.6 is 0 Å². The normalized spacial score (nSPS) is 18.9. The SMILES string of the molecule is CNCCC(=O)NCC(C)(C)N1CCN(C)CC1. The highest BCUT2D eigenvalue weighted by molar-refractivity contribution is 5.76. The van der Waals surface area contributed by atoms with Crippen molar-refractivity contribution in [2.45, 2.75) is 25.8 Å². The minimum atomic E-state index is 0.0383. The van der Waals surface area contributed by atoms with E-state index in [-0.39, 0.29) is 11.4 Å². The molecule has 0 bridgehead atoms. The molecule has 1 saturated heterocycles. The third-order valence-electron chi connectivity index (χ3n) is 3.68. The van der Waals surface area contributed by atoms with Gasteiger partial charge in [-0.2, -0.15) is 0 Å². The van der Waals surface area contributed by atoms with Crippen LogP contribution in [0.4, 0.5) is 0 Å². The fraction of sp³-hybridized carbons (Fsp3) is 0.923. The molecule has 1 aliphatic heterocycles. The highest BCUT2D eigenvalue weighted by Gasteiger charge is 2.29. The molecule has 106 valence electrons. The first-order valence-electron chi connectivity index (χ1n) is 6.80. The van der Waals surface area contributed by atoms with E-state index in [0.717, 1.165) is 39.3 Å². The lowest BCUT2D eigenvalue weighted by molar-refractivity contribution is -0.121. The smallest absolute Gasteiger partial charge is 0.221 e. The van der Waals surface area contributed by atoms with E-state index in [2.05, 4.69) is 41.3 Å². The zero-order chi connectivity index (χ0) is 13.6. The van der Waals surface area contributed by atoms with E-state index in [1.165, 1.54) is 0 Å². The summed E-state index contributed by atoms with van der Waals surface area (Å²) in [5.41, 5.74) is 0.0383. The van der Waals surface area contributed by atoms with E-state index >= 15 is 0 Å². The molecule has 0 spiro atoms. The topological polar surface area (TPSA) is 47.6 Å². The lowest BCUT2D eigenvalue weighted by Gasteiger charge is -2.43. The van der Waals surface area contributed by atoms with Crippen molar-refractivity contribution in [3.63, 3.8) is 0 Å². The first kappa shape index (κ1) is 15.4. The molecule has 1 aliphatic rings. The van der Waals surface area contributed by atoms with Crippen LogP contribution in [0.25, 0.3) is 0 Å². The molecule has 5 nitrogen and oxygen atoms in total. The molecule has 1 fully saturated rings. The Hall–Kier alpha value is -0.650. The Balaban J connectivity index is 2.32. The molecule has 0 aliphatic carbocycles.